The summed E-state index contributed by atoms with van der Waals surface area (Å²) < 4.78 is 55.2. The SMILES string of the molecule is NNC(CCC(F)(F)F)c1cc2cccc(F)c2o1. The molecule has 19 heavy (non-hydrogen) atoms. The van der Waals surface area contributed by atoms with Crippen LogP contribution in [-0.2, 0) is 0 Å². The number of nitrogens with one attached hydrogen (secondary N) is 1. The Morgan fingerprint density at radius 1 is 1.32 bits per heavy atom. The smallest absolute Gasteiger partial charge is 0.389 e. The third kappa shape index (κ3) is 3.24. The Hall–Kier alpha value is -1.60. The van der Waals surface area contributed by atoms with Crippen LogP contribution < -0.4 is 11.3 Å². The number of halogens is 4. The van der Waals surface area contributed by atoms with Gasteiger partial charge in [0, 0.05) is 11.8 Å². The van der Waals surface area contributed by atoms with Crippen LogP contribution in [0.5, 0.6) is 0 Å². The first-order valence-electron chi connectivity index (χ1n) is 5.61. The topological polar surface area (TPSA) is 51.2 Å². The Morgan fingerprint density at radius 2 is 2.05 bits per heavy atom. The van der Waals surface area contributed by atoms with Gasteiger partial charge in [-0.25, -0.2) is 9.82 Å². The largest absolute Gasteiger partial charge is 0.456 e. The maximum Gasteiger partial charge on any atom is 0.389 e. The highest BCUT2D eigenvalue weighted by molar-refractivity contribution is 5.78. The van der Waals surface area contributed by atoms with Crippen LogP contribution in [0, 0.1) is 5.82 Å². The van der Waals surface area contributed by atoms with Crippen molar-refractivity contribution in [3.8, 4) is 0 Å². The molecule has 0 aliphatic rings. The molecule has 1 atom stereocenters. The number of furan rings is 1. The van der Waals surface area contributed by atoms with Gasteiger partial charge in [0.1, 0.15) is 5.76 Å². The van der Waals surface area contributed by atoms with E-state index in [1.165, 1.54) is 18.2 Å². The van der Waals surface area contributed by atoms with Gasteiger partial charge in [-0.15, -0.1) is 0 Å². The van der Waals surface area contributed by atoms with Gasteiger partial charge in [-0.05, 0) is 18.6 Å². The number of rotatable bonds is 4. The normalized spacial score (nSPS) is 13.9. The number of hydrogen-bond acceptors (Lipinski definition) is 3. The minimum absolute atomic E-state index is 0.0183. The molecule has 2 rings (SSSR count). The number of hydrazine groups is 1. The van der Waals surface area contributed by atoms with E-state index in [-0.39, 0.29) is 17.8 Å². The minimum atomic E-state index is -4.27. The van der Waals surface area contributed by atoms with Crippen molar-refractivity contribution >= 4 is 11.0 Å². The second-order valence-electron chi connectivity index (χ2n) is 4.18. The average molecular weight is 276 g/mol. The third-order valence-corrected chi connectivity index (χ3v) is 2.78. The van der Waals surface area contributed by atoms with Crippen LogP contribution in [0.1, 0.15) is 24.6 Å². The van der Waals surface area contributed by atoms with Crippen molar-refractivity contribution in [1.82, 2.24) is 5.43 Å². The van der Waals surface area contributed by atoms with Gasteiger partial charge in [0.25, 0.3) is 0 Å². The first-order chi connectivity index (χ1) is 8.90. The fourth-order valence-electron chi connectivity index (χ4n) is 1.83. The fourth-order valence-corrected chi connectivity index (χ4v) is 1.83. The summed E-state index contributed by atoms with van der Waals surface area (Å²) in [5.41, 5.74) is 2.27. The molecule has 0 spiro atoms. The number of benzene rings is 1. The Labute approximate surface area is 106 Å². The molecule has 3 N–H and O–H groups in total. The van der Waals surface area contributed by atoms with Crippen molar-refractivity contribution in [1.29, 1.82) is 0 Å². The van der Waals surface area contributed by atoms with Crippen molar-refractivity contribution in [2.24, 2.45) is 5.84 Å². The molecule has 3 nitrogen and oxygen atoms in total. The second kappa shape index (κ2) is 5.18. The van der Waals surface area contributed by atoms with Gasteiger partial charge < -0.3 is 4.42 Å². The van der Waals surface area contributed by atoms with E-state index in [9.17, 15) is 17.6 Å². The van der Waals surface area contributed by atoms with Crippen molar-refractivity contribution in [3.05, 3.63) is 35.8 Å². The highest BCUT2D eigenvalue weighted by Gasteiger charge is 2.29. The molecule has 1 aromatic heterocycles. The summed E-state index contributed by atoms with van der Waals surface area (Å²) >= 11 is 0. The molecule has 0 amide bonds. The molecule has 0 fully saturated rings. The van der Waals surface area contributed by atoms with E-state index in [4.69, 9.17) is 10.3 Å². The van der Waals surface area contributed by atoms with E-state index in [0.29, 0.717) is 5.39 Å². The van der Waals surface area contributed by atoms with Crippen LogP contribution >= 0.6 is 0 Å². The van der Waals surface area contributed by atoms with E-state index in [0.717, 1.165) is 0 Å². The summed E-state index contributed by atoms with van der Waals surface area (Å²) in [4.78, 5) is 0. The second-order valence-corrected chi connectivity index (χ2v) is 4.18. The fraction of sp³-hybridized carbons (Fsp3) is 0.333. The Bertz CT molecular complexity index is 564. The number of fused-ring (bicyclic) bond motifs is 1. The van der Waals surface area contributed by atoms with Gasteiger partial charge in [-0.1, -0.05) is 12.1 Å². The summed E-state index contributed by atoms with van der Waals surface area (Å²) in [6.45, 7) is 0. The molecular formula is C12H12F4N2O. The molecule has 1 heterocycles. The van der Waals surface area contributed by atoms with Crippen LogP contribution in [-0.4, -0.2) is 6.18 Å². The van der Waals surface area contributed by atoms with Crippen LogP contribution in [0.15, 0.2) is 28.7 Å². The molecule has 0 aliphatic carbocycles. The first-order valence-corrected chi connectivity index (χ1v) is 5.61. The predicted molar refractivity (Wildman–Crippen MR) is 61.5 cm³/mol. The van der Waals surface area contributed by atoms with Gasteiger partial charge >= 0.3 is 6.18 Å². The number of para-hydroxylation sites is 1. The van der Waals surface area contributed by atoms with Crippen LogP contribution in [0.25, 0.3) is 11.0 Å². The van der Waals surface area contributed by atoms with Crippen molar-refractivity contribution < 1.29 is 22.0 Å². The lowest BCUT2D eigenvalue weighted by Gasteiger charge is -2.14. The van der Waals surface area contributed by atoms with E-state index in [2.05, 4.69) is 5.43 Å². The van der Waals surface area contributed by atoms with Gasteiger partial charge in [-0.3, -0.25) is 5.84 Å². The third-order valence-electron chi connectivity index (χ3n) is 2.78. The minimum Gasteiger partial charge on any atom is -0.456 e. The summed E-state index contributed by atoms with van der Waals surface area (Å²) in [5.74, 6) is 4.85. The summed E-state index contributed by atoms with van der Waals surface area (Å²) in [7, 11) is 0. The zero-order chi connectivity index (χ0) is 14.0. The first kappa shape index (κ1) is 13.8. The molecule has 2 aromatic rings. The Kier molecular flexibility index (Phi) is 3.77. The maximum atomic E-state index is 13.4. The highest BCUT2D eigenvalue weighted by Crippen LogP contribution is 2.31. The number of hydrogen-bond donors (Lipinski definition) is 2. The van der Waals surface area contributed by atoms with Gasteiger partial charge in [0.2, 0.25) is 0 Å². The van der Waals surface area contributed by atoms with Gasteiger partial charge in [0.15, 0.2) is 11.4 Å². The lowest BCUT2D eigenvalue weighted by Crippen LogP contribution is -2.28. The molecular weight excluding hydrogens is 264 g/mol. The quantitative estimate of drug-likeness (QED) is 0.511. The number of alkyl halides is 3. The van der Waals surface area contributed by atoms with Gasteiger partial charge in [0.05, 0.1) is 6.04 Å². The van der Waals surface area contributed by atoms with Crippen molar-refractivity contribution in [2.75, 3.05) is 0 Å². The van der Waals surface area contributed by atoms with E-state index < -0.39 is 24.5 Å². The average Bonchev–Trinajstić information content (AvgIpc) is 2.73. The van der Waals surface area contributed by atoms with Crippen molar-refractivity contribution in [3.63, 3.8) is 0 Å². The van der Waals surface area contributed by atoms with Crippen LogP contribution in [0.4, 0.5) is 17.6 Å². The van der Waals surface area contributed by atoms with E-state index in [1.807, 2.05) is 0 Å². The lowest BCUT2D eigenvalue weighted by atomic mass is 10.1. The number of nitrogens with two attached hydrogens (primary N) is 1. The predicted octanol–water partition coefficient (Wildman–Crippen LogP) is 3.42. The summed E-state index contributed by atoms with van der Waals surface area (Å²) in [6, 6.07) is 5.00. The van der Waals surface area contributed by atoms with Gasteiger partial charge in [-0.2, -0.15) is 13.2 Å². The standard InChI is InChI=1S/C12H12F4N2O/c13-8-3-1-2-7-6-10(19-11(7)8)9(18-17)4-5-12(14,15)16/h1-3,6,9,18H,4-5,17H2. The Morgan fingerprint density at radius 3 is 2.63 bits per heavy atom. The Balaban J connectivity index is 2.23. The molecule has 0 bridgehead atoms. The molecule has 1 unspecified atom stereocenters. The lowest BCUT2D eigenvalue weighted by molar-refractivity contribution is -0.136. The monoisotopic (exact) mass is 276 g/mol. The molecule has 0 saturated carbocycles. The summed E-state index contributed by atoms with van der Waals surface area (Å²) in [5, 5.41) is 0.488. The van der Waals surface area contributed by atoms with E-state index in [1.54, 1.807) is 6.07 Å². The highest BCUT2D eigenvalue weighted by atomic mass is 19.4. The molecule has 0 aliphatic heterocycles. The summed E-state index contributed by atoms with van der Waals surface area (Å²) in [6.07, 6.45) is -5.55. The molecule has 0 radical (unpaired) electrons. The zero-order valence-corrected chi connectivity index (χ0v) is 9.80. The molecule has 104 valence electrons. The molecule has 1 aromatic carbocycles. The zero-order valence-electron chi connectivity index (χ0n) is 9.80. The van der Waals surface area contributed by atoms with E-state index >= 15 is 0 Å². The molecule has 0 saturated heterocycles. The van der Waals surface area contributed by atoms with Crippen LogP contribution in [0.2, 0.25) is 0 Å². The van der Waals surface area contributed by atoms with Crippen LogP contribution in [0.3, 0.4) is 0 Å². The maximum absolute atomic E-state index is 13.4. The van der Waals surface area contributed by atoms with Crippen molar-refractivity contribution in [2.45, 2.75) is 25.1 Å². The molecule has 7 heteroatoms.